The fraction of sp³-hybridized carbons (Fsp3) is 0.318. The molecule has 1 aromatic heterocycles. The predicted octanol–water partition coefficient (Wildman–Crippen LogP) is 5.06. The van der Waals surface area contributed by atoms with Gasteiger partial charge in [0.15, 0.2) is 0 Å². The number of carbonyl (C=O) groups excluding carboxylic acids is 2. The van der Waals surface area contributed by atoms with Crippen LogP contribution in [0.25, 0.3) is 10.9 Å². The van der Waals surface area contributed by atoms with Crippen molar-refractivity contribution in [3.8, 4) is 5.88 Å². The number of esters is 1. The second kappa shape index (κ2) is 7.60. The van der Waals surface area contributed by atoms with Crippen molar-refractivity contribution in [1.29, 1.82) is 0 Å². The summed E-state index contributed by atoms with van der Waals surface area (Å²) >= 11 is 12.2. The monoisotopic (exact) mass is 443 g/mol. The summed E-state index contributed by atoms with van der Waals surface area (Å²) in [6.07, 6.45) is 3.56. The number of rotatable bonds is 6. The van der Waals surface area contributed by atoms with Crippen molar-refractivity contribution in [2.45, 2.75) is 32.2 Å². The van der Waals surface area contributed by atoms with Crippen molar-refractivity contribution in [2.75, 3.05) is 5.32 Å². The van der Waals surface area contributed by atoms with Gasteiger partial charge in [0.05, 0.1) is 33.4 Å². The van der Waals surface area contributed by atoms with E-state index in [1.54, 1.807) is 16.8 Å². The van der Waals surface area contributed by atoms with Gasteiger partial charge in [0, 0.05) is 11.6 Å². The summed E-state index contributed by atoms with van der Waals surface area (Å²) < 4.78 is 7.36. The highest BCUT2D eigenvalue weighted by Crippen LogP contribution is 2.35. The van der Waals surface area contributed by atoms with Gasteiger partial charge in [0.25, 0.3) is 0 Å². The molecule has 2 fully saturated rings. The first-order chi connectivity index (χ1) is 14.5. The summed E-state index contributed by atoms with van der Waals surface area (Å²) in [7, 11) is 0. The number of benzene rings is 2. The normalized spacial score (nSPS) is 15.9. The average Bonchev–Trinajstić information content (AvgIpc) is 3.62. The van der Waals surface area contributed by atoms with Gasteiger partial charge < -0.3 is 10.1 Å². The van der Waals surface area contributed by atoms with Crippen LogP contribution in [-0.4, -0.2) is 21.7 Å². The maximum absolute atomic E-state index is 12.3. The van der Waals surface area contributed by atoms with Gasteiger partial charge in [-0.3, -0.25) is 14.3 Å². The van der Waals surface area contributed by atoms with Crippen LogP contribution in [0.5, 0.6) is 5.88 Å². The van der Waals surface area contributed by atoms with Crippen LogP contribution in [0.15, 0.2) is 36.4 Å². The summed E-state index contributed by atoms with van der Waals surface area (Å²) in [6.45, 7) is 0.433. The minimum absolute atomic E-state index is 0.0223. The molecule has 30 heavy (non-hydrogen) atoms. The van der Waals surface area contributed by atoms with E-state index in [1.807, 2.05) is 24.3 Å². The molecule has 0 radical (unpaired) electrons. The zero-order valence-corrected chi connectivity index (χ0v) is 17.5. The van der Waals surface area contributed by atoms with Crippen molar-refractivity contribution in [3.05, 3.63) is 52.0 Å². The Kier molecular flexibility index (Phi) is 4.91. The topological polar surface area (TPSA) is 73.2 Å². The summed E-state index contributed by atoms with van der Waals surface area (Å²) in [4.78, 5) is 24.4. The molecule has 0 atom stereocenters. The molecule has 1 N–H and O–H groups in total. The molecule has 3 aromatic rings. The van der Waals surface area contributed by atoms with E-state index in [9.17, 15) is 9.59 Å². The molecule has 2 aliphatic carbocycles. The number of hydrogen-bond donors (Lipinski definition) is 1. The van der Waals surface area contributed by atoms with E-state index in [4.69, 9.17) is 27.9 Å². The van der Waals surface area contributed by atoms with E-state index in [2.05, 4.69) is 10.4 Å². The summed E-state index contributed by atoms with van der Waals surface area (Å²) in [6, 6.07) is 10.9. The maximum atomic E-state index is 12.3. The van der Waals surface area contributed by atoms with E-state index in [0.717, 1.165) is 36.8 Å². The number of aromatic nitrogens is 2. The Morgan fingerprint density at radius 2 is 1.80 bits per heavy atom. The lowest BCUT2D eigenvalue weighted by Gasteiger charge is -2.07. The first-order valence-electron chi connectivity index (χ1n) is 9.95. The van der Waals surface area contributed by atoms with E-state index >= 15 is 0 Å². The largest absolute Gasteiger partial charge is 0.405 e. The van der Waals surface area contributed by atoms with E-state index in [1.165, 1.54) is 0 Å². The van der Waals surface area contributed by atoms with Gasteiger partial charge in [0.1, 0.15) is 0 Å². The Morgan fingerprint density at radius 3 is 2.50 bits per heavy atom. The third kappa shape index (κ3) is 4.02. The lowest BCUT2D eigenvalue weighted by atomic mass is 10.2. The number of halogens is 2. The Bertz CT molecular complexity index is 1170. The van der Waals surface area contributed by atoms with Crippen LogP contribution < -0.4 is 10.1 Å². The van der Waals surface area contributed by atoms with Crippen LogP contribution in [0.2, 0.25) is 10.0 Å². The number of amides is 1. The molecule has 5 rings (SSSR count). The van der Waals surface area contributed by atoms with Crippen molar-refractivity contribution >= 4 is 51.7 Å². The predicted molar refractivity (Wildman–Crippen MR) is 115 cm³/mol. The minimum Gasteiger partial charge on any atom is -0.405 e. The number of ether oxygens (including phenoxy) is 1. The molecule has 0 unspecified atom stereocenters. The highest BCUT2D eigenvalue weighted by molar-refractivity contribution is 6.42. The molecule has 2 aliphatic rings. The molecule has 0 bridgehead atoms. The first-order valence-corrected chi connectivity index (χ1v) is 10.7. The zero-order chi connectivity index (χ0) is 20.8. The van der Waals surface area contributed by atoms with Crippen LogP contribution in [0.1, 0.15) is 31.2 Å². The van der Waals surface area contributed by atoms with E-state index in [0.29, 0.717) is 27.7 Å². The molecular formula is C22H19Cl2N3O3. The third-order valence-electron chi connectivity index (χ3n) is 5.36. The molecule has 154 valence electrons. The number of carbonyl (C=O) groups is 2. The molecule has 2 aromatic carbocycles. The standard InChI is InChI=1S/C22H19Cl2N3O3/c23-17-7-1-12(9-18(17)24)11-27-19-8-6-15(25-20(28)13-2-3-13)10-16(19)21(26-27)30-22(29)14-4-5-14/h1,6-10,13-14H,2-5,11H2,(H,25,28). The van der Waals surface area contributed by atoms with Crippen LogP contribution in [0.4, 0.5) is 5.69 Å². The van der Waals surface area contributed by atoms with Crippen molar-refractivity contribution < 1.29 is 14.3 Å². The quantitative estimate of drug-likeness (QED) is 0.540. The Morgan fingerprint density at radius 1 is 1.03 bits per heavy atom. The third-order valence-corrected chi connectivity index (χ3v) is 6.10. The minimum atomic E-state index is -0.261. The first kappa shape index (κ1) is 19.4. The van der Waals surface area contributed by atoms with Gasteiger partial charge in [-0.15, -0.1) is 5.10 Å². The second-order valence-electron chi connectivity index (χ2n) is 7.90. The highest BCUT2D eigenvalue weighted by Gasteiger charge is 2.33. The zero-order valence-electron chi connectivity index (χ0n) is 16.0. The van der Waals surface area contributed by atoms with Crippen molar-refractivity contribution in [2.24, 2.45) is 11.8 Å². The molecule has 0 saturated heterocycles. The number of nitrogens with zero attached hydrogens (tertiary/aromatic N) is 2. The van der Waals surface area contributed by atoms with E-state index in [-0.39, 0.29) is 29.6 Å². The van der Waals surface area contributed by atoms with Gasteiger partial charge in [-0.2, -0.15) is 0 Å². The SMILES string of the molecule is O=C(Nc1ccc2c(c1)c(OC(=O)C1CC1)nn2Cc1ccc(Cl)c(Cl)c1)C1CC1. The molecular weight excluding hydrogens is 425 g/mol. The Labute approximate surface area is 183 Å². The molecule has 0 aliphatic heterocycles. The molecule has 0 spiro atoms. The number of anilines is 1. The van der Waals surface area contributed by atoms with E-state index < -0.39 is 0 Å². The number of hydrogen-bond acceptors (Lipinski definition) is 4. The summed E-state index contributed by atoms with van der Waals surface area (Å²) in [5.41, 5.74) is 2.38. The van der Waals surface area contributed by atoms with Crippen molar-refractivity contribution in [1.82, 2.24) is 9.78 Å². The Balaban J connectivity index is 1.49. The van der Waals surface area contributed by atoms with Gasteiger partial charge >= 0.3 is 5.97 Å². The fourth-order valence-corrected chi connectivity index (χ4v) is 3.64. The Hall–Kier alpha value is -2.57. The van der Waals surface area contributed by atoms with Gasteiger partial charge in [0.2, 0.25) is 11.8 Å². The average molecular weight is 444 g/mol. The highest BCUT2D eigenvalue weighted by atomic mass is 35.5. The lowest BCUT2D eigenvalue weighted by molar-refractivity contribution is -0.136. The van der Waals surface area contributed by atoms with Gasteiger partial charge in [-0.1, -0.05) is 29.3 Å². The molecule has 1 heterocycles. The van der Waals surface area contributed by atoms with Gasteiger partial charge in [-0.05, 0) is 61.6 Å². The molecule has 6 nitrogen and oxygen atoms in total. The smallest absolute Gasteiger partial charge is 0.315 e. The van der Waals surface area contributed by atoms with Gasteiger partial charge in [-0.25, -0.2) is 0 Å². The maximum Gasteiger partial charge on any atom is 0.315 e. The summed E-state index contributed by atoms with van der Waals surface area (Å²) in [5.74, 6) is 0.0744. The molecule has 2 saturated carbocycles. The van der Waals surface area contributed by atoms with Crippen LogP contribution in [0, 0.1) is 11.8 Å². The molecule has 8 heteroatoms. The van der Waals surface area contributed by atoms with Crippen molar-refractivity contribution in [3.63, 3.8) is 0 Å². The fourth-order valence-electron chi connectivity index (χ4n) is 3.32. The number of fused-ring (bicyclic) bond motifs is 1. The van der Waals surface area contributed by atoms with Crippen LogP contribution in [0.3, 0.4) is 0 Å². The molecule has 1 amide bonds. The van der Waals surface area contributed by atoms with Crippen LogP contribution >= 0.6 is 23.2 Å². The van der Waals surface area contributed by atoms with Crippen LogP contribution in [-0.2, 0) is 16.1 Å². The second-order valence-corrected chi connectivity index (χ2v) is 8.72. The lowest BCUT2D eigenvalue weighted by Crippen LogP contribution is -2.13. The summed E-state index contributed by atoms with van der Waals surface area (Å²) in [5, 5.41) is 9.11. The number of nitrogens with one attached hydrogen (secondary N) is 1.